The van der Waals surface area contributed by atoms with Crippen molar-refractivity contribution in [1.82, 2.24) is 4.98 Å². The van der Waals surface area contributed by atoms with E-state index >= 15 is 0 Å². The summed E-state index contributed by atoms with van der Waals surface area (Å²) >= 11 is 0. The second-order valence-corrected chi connectivity index (χ2v) is 4.90. The number of hydrogen-bond donors (Lipinski definition) is 1. The summed E-state index contributed by atoms with van der Waals surface area (Å²) in [4.78, 5) is 26.4. The van der Waals surface area contributed by atoms with Gasteiger partial charge in [0.25, 0.3) is 0 Å². The van der Waals surface area contributed by atoms with Gasteiger partial charge in [0, 0.05) is 29.4 Å². The highest BCUT2D eigenvalue weighted by Gasteiger charge is 2.21. The SMILES string of the molecule is CCOC(=O)C[C@H](CC(C)=O)c1c[nH]c2ccccc12. The molecular weight excluding hydrogens is 254 g/mol. The molecule has 0 saturated carbocycles. The van der Waals surface area contributed by atoms with Crippen molar-refractivity contribution in [2.75, 3.05) is 6.61 Å². The average Bonchev–Trinajstić information content (AvgIpc) is 2.81. The number of hydrogen-bond acceptors (Lipinski definition) is 3. The standard InChI is InChI=1S/C16H19NO3/c1-3-20-16(19)9-12(8-11(2)18)14-10-17-15-7-5-4-6-13(14)15/h4-7,10,12,17H,3,8-9H2,1-2H3/t12-/m0/s1. The Balaban J connectivity index is 2.30. The molecule has 0 spiro atoms. The number of carbonyl (C=O) groups excluding carboxylic acids is 2. The number of rotatable bonds is 6. The quantitative estimate of drug-likeness (QED) is 0.822. The fourth-order valence-electron chi connectivity index (χ4n) is 2.49. The van der Waals surface area contributed by atoms with Crippen LogP contribution in [0.25, 0.3) is 10.9 Å². The lowest BCUT2D eigenvalue weighted by atomic mass is 9.91. The Morgan fingerprint density at radius 3 is 2.70 bits per heavy atom. The maximum absolute atomic E-state index is 11.7. The Labute approximate surface area is 118 Å². The van der Waals surface area contributed by atoms with Gasteiger partial charge in [-0.2, -0.15) is 0 Å². The molecule has 2 aromatic rings. The van der Waals surface area contributed by atoms with Crippen LogP contribution in [0.4, 0.5) is 0 Å². The van der Waals surface area contributed by atoms with Gasteiger partial charge < -0.3 is 14.5 Å². The molecule has 0 radical (unpaired) electrons. The summed E-state index contributed by atoms with van der Waals surface area (Å²) in [7, 11) is 0. The topological polar surface area (TPSA) is 59.2 Å². The number of carbonyl (C=O) groups is 2. The normalized spacial score (nSPS) is 12.3. The summed E-state index contributed by atoms with van der Waals surface area (Å²) < 4.78 is 5.00. The minimum atomic E-state index is -0.260. The zero-order valence-corrected chi connectivity index (χ0v) is 11.8. The first-order valence-electron chi connectivity index (χ1n) is 6.83. The molecule has 0 fully saturated rings. The summed E-state index contributed by atoms with van der Waals surface area (Å²) in [6, 6.07) is 7.89. The number of nitrogens with one attached hydrogen (secondary N) is 1. The molecule has 1 N–H and O–H groups in total. The van der Waals surface area contributed by atoms with Crippen molar-refractivity contribution >= 4 is 22.7 Å². The van der Waals surface area contributed by atoms with E-state index in [1.54, 1.807) is 13.8 Å². The van der Waals surface area contributed by atoms with Crippen LogP contribution in [0.1, 0.15) is 38.2 Å². The molecule has 1 aromatic carbocycles. The van der Waals surface area contributed by atoms with Crippen molar-refractivity contribution in [3.63, 3.8) is 0 Å². The number of aromatic nitrogens is 1. The van der Waals surface area contributed by atoms with Crippen molar-refractivity contribution < 1.29 is 14.3 Å². The predicted molar refractivity (Wildman–Crippen MR) is 77.6 cm³/mol. The molecule has 1 heterocycles. The Morgan fingerprint density at radius 2 is 2.00 bits per heavy atom. The zero-order chi connectivity index (χ0) is 14.5. The molecule has 0 saturated heterocycles. The van der Waals surface area contributed by atoms with E-state index in [2.05, 4.69) is 4.98 Å². The van der Waals surface area contributed by atoms with Crippen LogP contribution in [0.5, 0.6) is 0 Å². The van der Waals surface area contributed by atoms with Gasteiger partial charge in [-0.15, -0.1) is 0 Å². The van der Waals surface area contributed by atoms with Gasteiger partial charge in [0.05, 0.1) is 13.0 Å². The fourth-order valence-corrected chi connectivity index (χ4v) is 2.49. The number of benzene rings is 1. The van der Waals surface area contributed by atoms with Crippen molar-refractivity contribution in [3.05, 3.63) is 36.0 Å². The highest BCUT2D eigenvalue weighted by molar-refractivity contribution is 5.86. The van der Waals surface area contributed by atoms with Gasteiger partial charge in [-0.25, -0.2) is 0 Å². The van der Waals surface area contributed by atoms with Gasteiger partial charge in [-0.1, -0.05) is 18.2 Å². The van der Waals surface area contributed by atoms with Gasteiger partial charge in [-0.3, -0.25) is 4.79 Å². The van der Waals surface area contributed by atoms with Crippen LogP contribution in [0.3, 0.4) is 0 Å². The Bertz CT molecular complexity index is 615. The molecule has 0 bridgehead atoms. The van der Waals surface area contributed by atoms with Gasteiger partial charge in [0.1, 0.15) is 5.78 Å². The lowest BCUT2D eigenvalue weighted by molar-refractivity contribution is -0.143. The Hall–Kier alpha value is -2.10. The number of ether oxygens (including phenoxy) is 1. The molecule has 1 aromatic heterocycles. The fraction of sp³-hybridized carbons (Fsp3) is 0.375. The number of para-hydroxylation sites is 1. The van der Waals surface area contributed by atoms with Crippen molar-refractivity contribution in [2.24, 2.45) is 0 Å². The van der Waals surface area contributed by atoms with E-state index in [4.69, 9.17) is 4.74 Å². The van der Waals surface area contributed by atoms with Crippen LogP contribution in [-0.4, -0.2) is 23.3 Å². The van der Waals surface area contributed by atoms with E-state index in [0.29, 0.717) is 13.0 Å². The van der Waals surface area contributed by atoms with Crippen molar-refractivity contribution in [2.45, 2.75) is 32.6 Å². The average molecular weight is 273 g/mol. The number of esters is 1. The first-order chi connectivity index (χ1) is 9.61. The lowest BCUT2D eigenvalue weighted by Gasteiger charge is -2.14. The monoisotopic (exact) mass is 273 g/mol. The first kappa shape index (κ1) is 14.3. The van der Waals surface area contributed by atoms with Crippen LogP contribution < -0.4 is 0 Å². The zero-order valence-electron chi connectivity index (χ0n) is 11.8. The lowest BCUT2D eigenvalue weighted by Crippen LogP contribution is -2.12. The summed E-state index contributed by atoms with van der Waals surface area (Å²) in [6.45, 7) is 3.69. The molecule has 106 valence electrons. The van der Waals surface area contributed by atoms with Crippen molar-refractivity contribution in [3.8, 4) is 0 Å². The van der Waals surface area contributed by atoms with Crippen molar-refractivity contribution in [1.29, 1.82) is 0 Å². The van der Waals surface area contributed by atoms with E-state index in [1.807, 2.05) is 30.5 Å². The number of H-pyrrole nitrogens is 1. The molecule has 1 atom stereocenters. The van der Waals surface area contributed by atoms with E-state index in [1.165, 1.54) is 0 Å². The minimum absolute atomic E-state index is 0.0737. The smallest absolute Gasteiger partial charge is 0.306 e. The summed E-state index contributed by atoms with van der Waals surface area (Å²) in [5, 5.41) is 1.06. The molecule has 4 nitrogen and oxygen atoms in total. The number of aromatic amines is 1. The number of Topliss-reactive ketones (excluding diaryl/α,β-unsaturated/α-hetero) is 1. The van der Waals surface area contributed by atoms with E-state index in [9.17, 15) is 9.59 Å². The predicted octanol–water partition coefficient (Wildman–Crippen LogP) is 3.18. The molecule has 0 aliphatic heterocycles. The van der Waals surface area contributed by atoms with E-state index < -0.39 is 0 Å². The minimum Gasteiger partial charge on any atom is -0.466 e. The molecule has 0 aliphatic rings. The largest absolute Gasteiger partial charge is 0.466 e. The molecule has 2 rings (SSSR count). The summed E-state index contributed by atoms with van der Waals surface area (Å²) in [5.74, 6) is -0.323. The van der Waals surface area contributed by atoms with E-state index in [0.717, 1.165) is 16.5 Å². The van der Waals surface area contributed by atoms with Gasteiger partial charge in [-0.05, 0) is 25.5 Å². The highest BCUT2D eigenvalue weighted by Crippen LogP contribution is 2.30. The summed E-state index contributed by atoms with van der Waals surface area (Å²) in [5.41, 5.74) is 2.02. The van der Waals surface area contributed by atoms with E-state index in [-0.39, 0.29) is 24.1 Å². The van der Waals surface area contributed by atoms with Gasteiger partial charge >= 0.3 is 5.97 Å². The molecular formula is C16H19NO3. The Kier molecular flexibility index (Phi) is 4.56. The first-order valence-corrected chi connectivity index (χ1v) is 6.83. The van der Waals surface area contributed by atoms with Crippen LogP contribution >= 0.6 is 0 Å². The maximum Gasteiger partial charge on any atom is 0.306 e. The third kappa shape index (κ3) is 3.26. The maximum atomic E-state index is 11.7. The van der Waals surface area contributed by atoms with Gasteiger partial charge in [0.2, 0.25) is 0 Å². The van der Waals surface area contributed by atoms with Crippen LogP contribution in [-0.2, 0) is 14.3 Å². The number of ketones is 1. The molecule has 0 amide bonds. The Morgan fingerprint density at radius 1 is 1.25 bits per heavy atom. The molecule has 0 aliphatic carbocycles. The highest BCUT2D eigenvalue weighted by atomic mass is 16.5. The molecule has 4 heteroatoms. The second-order valence-electron chi connectivity index (χ2n) is 4.90. The van der Waals surface area contributed by atoms with Gasteiger partial charge in [0.15, 0.2) is 0 Å². The second kappa shape index (κ2) is 6.37. The third-order valence-electron chi connectivity index (χ3n) is 3.31. The van der Waals surface area contributed by atoms with Crippen LogP contribution in [0.15, 0.2) is 30.5 Å². The molecule has 20 heavy (non-hydrogen) atoms. The van der Waals surface area contributed by atoms with Crippen LogP contribution in [0.2, 0.25) is 0 Å². The summed E-state index contributed by atoms with van der Waals surface area (Å²) in [6.07, 6.45) is 2.47. The van der Waals surface area contributed by atoms with Crippen LogP contribution in [0, 0.1) is 0 Å². The number of fused-ring (bicyclic) bond motifs is 1. The third-order valence-corrected chi connectivity index (χ3v) is 3.31. The molecule has 0 unspecified atom stereocenters.